The van der Waals surface area contributed by atoms with E-state index in [9.17, 15) is 14.4 Å². The van der Waals surface area contributed by atoms with Crippen molar-refractivity contribution in [1.29, 1.82) is 0 Å². The van der Waals surface area contributed by atoms with E-state index in [1.54, 1.807) is 0 Å². The van der Waals surface area contributed by atoms with Gasteiger partial charge in [0.15, 0.2) is 0 Å². The van der Waals surface area contributed by atoms with Crippen molar-refractivity contribution in [2.75, 3.05) is 6.54 Å². The standard InChI is InChI=1S/C10H12N2.C9H6O6/c1-8-7-11-10(12-8)9-5-3-2-4-6-9;10-7(11)4-1-2-5(8(12)13)6(3-4)9(14)15/h2-6,8H,7H2,1H3,(H,11,12);1-3H,(H,10,11)(H,12,13)(H,14,15). The Morgan fingerprint density at radius 3 is 2.04 bits per heavy atom. The van der Waals surface area contributed by atoms with Gasteiger partial charge in [0.1, 0.15) is 5.84 Å². The first kappa shape index (κ1) is 19.6. The van der Waals surface area contributed by atoms with E-state index in [1.165, 1.54) is 5.56 Å². The van der Waals surface area contributed by atoms with Gasteiger partial charge in [0.05, 0.1) is 23.2 Å². The van der Waals surface area contributed by atoms with Crippen molar-refractivity contribution in [1.82, 2.24) is 5.32 Å². The lowest BCUT2D eigenvalue weighted by atomic mass is 10.0. The van der Waals surface area contributed by atoms with Crippen molar-refractivity contribution in [3.8, 4) is 0 Å². The summed E-state index contributed by atoms with van der Waals surface area (Å²) in [6.45, 7) is 3.03. The fourth-order valence-electron chi connectivity index (χ4n) is 2.36. The molecule has 0 amide bonds. The van der Waals surface area contributed by atoms with Gasteiger partial charge in [-0.15, -0.1) is 0 Å². The van der Waals surface area contributed by atoms with Crippen LogP contribution in [0.25, 0.3) is 0 Å². The number of carbonyl (C=O) groups is 3. The predicted octanol–water partition coefficient (Wildman–Crippen LogP) is 2.21. The van der Waals surface area contributed by atoms with Gasteiger partial charge in [0.2, 0.25) is 0 Å². The maximum atomic E-state index is 10.6. The number of hydrogen-bond donors (Lipinski definition) is 4. The van der Waals surface area contributed by atoms with Crippen molar-refractivity contribution in [3.05, 3.63) is 70.8 Å². The summed E-state index contributed by atoms with van der Waals surface area (Å²) in [6, 6.07) is 13.5. The molecule has 8 heteroatoms. The minimum absolute atomic E-state index is 0.266. The third kappa shape index (κ3) is 5.15. The van der Waals surface area contributed by atoms with Gasteiger partial charge in [-0.1, -0.05) is 30.3 Å². The number of rotatable bonds is 4. The smallest absolute Gasteiger partial charge is 0.336 e. The normalized spacial score (nSPS) is 15.0. The van der Waals surface area contributed by atoms with Crippen LogP contribution in [0.2, 0.25) is 0 Å². The van der Waals surface area contributed by atoms with E-state index in [2.05, 4.69) is 29.4 Å². The summed E-state index contributed by atoms with van der Waals surface area (Å²) in [5.41, 5.74) is -0.0610. The van der Waals surface area contributed by atoms with E-state index in [1.807, 2.05) is 18.2 Å². The summed E-state index contributed by atoms with van der Waals surface area (Å²) < 4.78 is 0. The van der Waals surface area contributed by atoms with Gasteiger partial charge < -0.3 is 20.6 Å². The third-order valence-corrected chi connectivity index (χ3v) is 3.68. The van der Waals surface area contributed by atoms with E-state index < -0.39 is 29.0 Å². The summed E-state index contributed by atoms with van der Waals surface area (Å²) in [4.78, 5) is 36.2. The molecule has 2 aromatic rings. The molecule has 0 saturated carbocycles. The van der Waals surface area contributed by atoms with Crippen molar-refractivity contribution >= 4 is 23.7 Å². The van der Waals surface area contributed by atoms with Crippen LogP contribution in [-0.4, -0.2) is 51.6 Å². The molecular formula is C19H18N2O6. The van der Waals surface area contributed by atoms with Crippen LogP contribution >= 0.6 is 0 Å². The highest BCUT2D eigenvalue weighted by atomic mass is 16.4. The molecule has 0 aromatic heterocycles. The highest BCUT2D eigenvalue weighted by Crippen LogP contribution is 2.12. The monoisotopic (exact) mass is 370 g/mol. The van der Waals surface area contributed by atoms with E-state index in [0.717, 1.165) is 30.6 Å². The second-order valence-corrected chi connectivity index (χ2v) is 5.78. The molecular weight excluding hydrogens is 352 g/mol. The van der Waals surface area contributed by atoms with Crippen LogP contribution in [0, 0.1) is 0 Å². The molecule has 0 radical (unpaired) electrons. The fraction of sp³-hybridized carbons (Fsp3) is 0.158. The molecule has 0 saturated heterocycles. The van der Waals surface area contributed by atoms with E-state index in [-0.39, 0.29) is 5.56 Å². The zero-order valence-corrected chi connectivity index (χ0v) is 14.4. The number of aliphatic imine (C=N–C) groups is 1. The Labute approximate surface area is 154 Å². The Morgan fingerprint density at radius 1 is 0.926 bits per heavy atom. The lowest BCUT2D eigenvalue weighted by Gasteiger charge is -2.04. The molecule has 1 aliphatic heterocycles. The van der Waals surface area contributed by atoms with Crippen LogP contribution in [0.5, 0.6) is 0 Å². The molecule has 8 nitrogen and oxygen atoms in total. The number of carboxylic acids is 3. The zero-order chi connectivity index (χ0) is 20.0. The molecule has 2 aromatic carbocycles. The van der Waals surface area contributed by atoms with Crippen LogP contribution in [-0.2, 0) is 0 Å². The second kappa shape index (κ2) is 8.61. The summed E-state index contributed by atoms with van der Waals surface area (Å²) in [5.74, 6) is -3.17. The fourth-order valence-corrected chi connectivity index (χ4v) is 2.36. The minimum atomic E-state index is -1.48. The van der Waals surface area contributed by atoms with Gasteiger partial charge >= 0.3 is 17.9 Å². The Bertz CT molecular complexity index is 892. The van der Waals surface area contributed by atoms with Gasteiger partial charge in [0.25, 0.3) is 0 Å². The molecule has 140 valence electrons. The minimum Gasteiger partial charge on any atom is -0.478 e. The van der Waals surface area contributed by atoms with E-state index >= 15 is 0 Å². The van der Waals surface area contributed by atoms with Crippen molar-refractivity contribution < 1.29 is 29.7 Å². The Kier molecular flexibility index (Phi) is 6.27. The first-order valence-corrected chi connectivity index (χ1v) is 8.00. The summed E-state index contributed by atoms with van der Waals surface area (Å²) >= 11 is 0. The summed E-state index contributed by atoms with van der Waals surface area (Å²) in [7, 11) is 0. The number of carboxylic acid groups (broad SMARTS) is 3. The maximum Gasteiger partial charge on any atom is 0.336 e. The summed E-state index contributed by atoms with van der Waals surface area (Å²) in [5, 5.41) is 29.2. The van der Waals surface area contributed by atoms with Crippen LogP contribution in [0.4, 0.5) is 0 Å². The molecule has 3 rings (SSSR count). The molecule has 1 atom stereocenters. The highest BCUT2D eigenvalue weighted by molar-refractivity contribution is 6.03. The average Bonchev–Trinajstić information content (AvgIpc) is 3.08. The lowest BCUT2D eigenvalue weighted by molar-refractivity contribution is 0.0649. The average molecular weight is 370 g/mol. The number of hydrogen-bond acceptors (Lipinski definition) is 5. The SMILES string of the molecule is CC1CN=C(c2ccccc2)N1.O=C(O)c1ccc(C(=O)O)c(C(=O)O)c1. The van der Waals surface area contributed by atoms with Gasteiger partial charge in [0, 0.05) is 11.6 Å². The van der Waals surface area contributed by atoms with Crippen LogP contribution in [0.1, 0.15) is 43.6 Å². The maximum absolute atomic E-state index is 10.6. The van der Waals surface area contributed by atoms with Gasteiger partial charge in [-0.05, 0) is 25.1 Å². The third-order valence-electron chi connectivity index (χ3n) is 3.68. The molecule has 4 N–H and O–H groups in total. The first-order chi connectivity index (χ1) is 12.8. The number of aromatic carboxylic acids is 3. The van der Waals surface area contributed by atoms with Gasteiger partial charge in [-0.3, -0.25) is 4.99 Å². The van der Waals surface area contributed by atoms with Crippen LogP contribution in [0.3, 0.4) is 0 Å². The second-order valence-electron chi connectivity index (χ2n) is 5.78. The van der Waals surface area contributed by atoms with Gasteiger partial charge in [-0.25, -0.2) is 14.4 Å². The number of nitrogens with one attached hydrogen (secondary N) is 1. The number of nitrogens with zero attached hydrogens (tertiary/aromatic N) is 1. The van der Waals surface area contributed by atoms with Crippen LogP contribution in [0.15, 0.2) is 53.5 Å². The molecule has 1 heterocycles. The van der Waals surface area contributed by atoms with E-state index in [4.69, 9.17) is 15.3 Å². The van der Waals surface area contributed by atoms with Crippen molar-refractivity contribution in [2.45, 2.75) is 13.0 Å². The number of amidine groups is 1. The molecule has 1 unspecified atom stereocenters. The van der Waals surface area contributed by atoms with Gasteiger partial charge in [-0.2, -0.15) is 0 Å². The van der Waals surface area contributed by atoms with Crippen molar-refractivity contribution in [2.24, 2.45) is 4.99 Å². The largest absolute Gasteiger partial charge is 0.478 e. The molecule has 1 aliphatic rings. The zero-order valence-electron chi connectivity index (χ0n) is 14.4. The topological polar surface area (TPSA) is 136 Å². The molecule has 27 heavy (non-hydrogen) atoms. The Morgan fingerprint density at radius 2 is 1.56 bits per heavy atom. The van der Waals surface area contributed by atoms with E-state index in [0.29, 0.717) is 6.04 Å². The molecule has 0 aliphatic carbocycles. The highest BCUT2D eigenvalue weighted by Gasteiger charge is 2.18. The summed E-state index contributed by atoms with van der Waals surface area (Å²) in [6.07, 6.45) is 0. The van der Waals surface area contributed by atoms with Crippen molar-refractivity contribution in [3.63, 3.8) is 0 Å². The first-order valence-electron chi connectivity index (χ1n) is 8.00. The Hall–Kier alpha value is -3.68. The predicted molar refractivity (Wildman–Crippen MR) is 97.8 cm³/mol. The quantitative estimate of drug-likeness (QED) is 0.647. The lowest BCUT2D eigenvalue weighted by Crippen LogP contribution is -2.27. The molecule has 0 fully saturated rings. The number of benzene rings is 2. The molecule has 0 spiro atoms. The molecule has 0 bridgehead atoms. The van der Waals surface area contributed by atoms with Crippen LogP contribution < -0.4 is 5.32 Å². The Balaban J connectivity index is 0.000000198.